The highest BCUT2D eigenvalue weighted by Crippen LogP contribution is 2.18. The molecule has 0 aliphatic rings. The van der Waals surface area contributed by atoms with Gasteiger partial charge in [-0.3, -0.25) is 9.36 Å². The zero-order valence-electron chi connectivity index (χ0n) is 15.8. The minimum absolute atomic E-state index is 0.197. The van der Waals surface area contributed by atoms with Crippen molar-refractivity contribution in [2.75, 3.05) is 11.9 Å². The summed E-state index contributed by atoms with van der Waals surface area (Å²) < 4.78 is 6.81. The molecule has 0 saturated carbocycles. The molecular weight excluding hydrogens is 380 g/mol. The second-order valence-electron chi connectivity index (χ2n) is 6.27. The number of urea groups is 1. The normalized spacial score (nSPS) is 11.9. The Bertz CT molecular complexity index is 1060. The predicted octanol–water partition coefficient (Wildman–Crippen LogP) is 3.87. The SMILES string of the molecule is CCOc1ccc(NC(=O)NC(C)c2nc3cc(Cl)ccc3c(=O)n2C)cc1. The van der Waals surface area contributed by atoms with Gasteiger partial charge < -0.3 is 15.4 Å². The van der Waals surface area contributed by atoms with E-state index in [9.17, 15) is 9.59 Å². The fourth-order valence-corrected chi connectivity index (χ4v) is 3.04. The van der Waals surface area contributed by atoms with Gasteiger partial charge in [0.2, 0.25) is 0 Å². The summed E-state index contributed by atoms with van der Waals surface area (Å²) >= 11 is 6.01. The van der Waals surface area contributed by atoms with Gasteiger partial charge >= 0.3 is 6.03 Å². The predicted molar refractivity (Wildman–Crippen MR) is 110 cm³/mol. The molecule has 28 heavy (non-hydrogen) atoms. The zero-order chi connectivity index (χ0) is 20.3. The third-order valence-corrected chi connectivity index (χ3v) is 4.47. The van der Waals surface area contributed by atoms with Gasteiger partial charge in [0.15, 0.2) is 0 Å². The fourth-order valence-electron chi connectivity index (χ4n) is 2.88. The maximum absolute atomic E-state index is 12.6. The zero-order valence-corrected chi connectivity index (χ0v) is 16.6. The molecular formula is C20H21ClN4O3. The topological polar surface area (TPSA) is 85.2 Å². The lowest BCUT2D eigenvalue weighted by atomic mass is 10.2. The Kier molecular flexibility index (Phi) is 5.84. The molecule has 8 heteroatoms. The van der Waals surface area contributed by atoms with Crippen molar-refractivity contribution in [2.24, 2.45) is 7.05 Å². The minimum atomic E-state index is -0.497. The first kappa shape index (κ1) is 19.7. The standard InChI is InChI=1S/C20H21ClN4O3/c1-4-28-15-8-6-14(7-9-15)23-20(27)22-12(2)18-24-17-11-13(21)5-10-16(17)19(26)25(18)3/h5-12H,4H2,1-3H3,(H2,22,23,27). The lowest BCUT2D eigenvalue weighted by Crippen LogP contribution is -2.35. The highest BCUT2D eigenvalue weighted by Gasteiger charge is 2.17. The van der Waals surface area contributed by atoms with Crippen LogP contribution in [0.1, 0.15) is 25.7 Å². The van der Waals surface area contributed by atoms with Crippen molar-refractivity contribution in [1.29, 1.82) is 0 Å². The Morgan fingerprint density at radius 1 is 1.25 bits per heavy atom. The van der Waals surface area contributed by atoms with Crippen molar-refractivity contribution >= 4 is 34.2 Å². The lowest BCUT2D eigenvalue weighted by Gasteiger charge is -2.17. The van der Waals surface area contributed by atoms with Gasteiger partial charge in [-0.25, -0.2) is 9.78 Å². The molecule has 2 amide bonds. The summed E-state index contributed by atoms with van der Waals surface area (Å²) in [6, 6.07) is 11.1. The molecule has 3 aromatic rings. The highest BCUT2D eigenvalue weighted by molar-refractivity contribution is 6.31. The maximum Gasteiger partial charge on any atom is 0.319 e. The van der Waals surface area contributed by atoms with Crippen molar-refractivity contribution < 1.29 is 9.53 Å². The number of hydrogen-bond acceptors (Lipinski definition) is 4. The van der Waals surface area contributed by atoms with Crippen LogP contribution in [-0.4, -0.2) is 22.2 Å². The number of halogens is 1. The van der Waals surface area contributed by atoms with Gasteiger partial charge in [0, 0.05) is 17.8 Å². The van der Waals surface area contributed by atoms with Crippen LogP contribution < -0.4 is 20.9 Å². The number of carbonyl (C=O) groups excluding carboxylic acids is 1. The van der Waals surface area contributed by atoms with Crippen molar-refractivity contribution in [3.63, 3.8) is 0 Å². The first-order valence-corrected chi connectivity index (χ1v) is 9.23. The highest BCUT2D eigenvalue weighted by atomic mass is 35.5. The van der Waals surface area contributed by atoms with Gasteiger partial charge in [-0.05, 0) is 56.3 Å². The van der Waals surface area contributed by atoms with Crippen molar-refractivity contribution in [1.82, 2.24) is 14.9 Å². The molecule has 1 unspecified atom stereocenters. The third-order valence-electron chi connectivity index (χ3n) is 4.23. The second kappa shape index (κ2) is 8.31. The van der Waals surface area contributed by atoms with Crippen LogP contribution in [0.15, 0.2) is 47.3 Å². The number of carbonyl (C=O) groups is 1. The van der Waals surface area contributed by atoms with Crippen LogP contribution >= 0.6 is 11.6 Å². The molecule has 0 saturated heterocycles. The van der Waals surface area contributed by atoms with Gasteiger partial charge in [-0.2, -0.15) is 0 Å². The quantitative estimate of drug-likeness (QED) is 0.680. The number of amides is 2. The van der Waals surface area contributed by atoms with E-state index in [-0.39, 0.29) is 5.56 Å². The Hall–Kier alpha value is -3.06. The monoisotopic (exact) mass is 400 g/mol. The molecule has 1 aromatic heterocycles. The summed E-state index contributed by atoms with van der Waals surface area (Å²) in [5.41, 5.74) is 0.920. The van der Waals surface area contributed by atoms with E-state index in [0.717, 1.165) is 5.75 Å². The number of ether oxygens (including phenoxy) is 1. The van der Waals surface area contributed by atoms with E-state index in [1.807, 2.05) is 6.92 Å². The van der Waals surface area contributed by atoms with Crippen LogP contribution in [0.2, 0.25) is 5.02 Å². The maximum atomic E-state index is 12.6. The van der Waals surface area contributed by atoms with Crippen LogP contribution in [0.3, 0.4) is 0 Å². The van der Waals surface area contributed by atoms with E-state index < -0.39 is 12.1 Å². The van der Waals surface area contributed by atoms with E-state index in [0.29, 0.717) is 34.0 Å². The van der Waals surface area contributed by atoms with Crippen molar-refractivity contribution in [2.45, 2.75) is 19.9 Å². The van der Waals surface area contributed by atoms with E-state index in [4.69, 9.17) is 16.3 Å². The molecule has 0 aliphatic carbocycles. The van der Waals surface area contributed by atoms with E-state index in [1.54, 1.807) is 56.4 Å². The van der Waals surface area contributed by atoms with Crippen LogP contribution in [-0.2, 0) is 7.05 Å². The number of fused-ring (bicyclic) bond motifs is 1. The molecule has 1 atom stereocenters. The number of nitrogens with one attached hydrogen (secondary N) is 2. The summed E-state index contributed by atoms with van der Waals surface area (Å²) in [5.74, 6) is 1.16. The summed E-state index contributed by atoms with van der Waals surface area (Å²) in [6.07, 6.45) is 0. The number of anilines is 1. The number of nitrogens with zero attached hydrogens (tertiary/aromatic N) is 2. The summed E-state index contributed by atoms with van der Waals surface area (Å²) in [7, 11) is 1.63. The largest absolute Gasteiger partial charge is 0.494 e. The summed E-state index contributed by atoms with van der Waals surface area (Å²) in [5, 5.41) is 6.51. The van der Waals surface area contributed by atoms with Crippen LogP contribution in [0.5, 0.6) is 5.75 Å². The average Bonchev–Trinajstić information content (AvgIpc) is 2.66. The molecule has 7 nitrogen and oxygen atoms in total. The average molecular weight is 401 g/mol. The van der Waals surface area contributed by atoms with Gasteiger partial charge in [-0.15, -0.1) is 0 Å². The summed E-state index contributed by atoms with van der Waals surface area (Å²) in [4.78, 5) is 29.4. The molecule has 1 heterocycles. The first-order valence-electron chi connectivity index (χ1n) is 8.85. The molecule has 146 valence electrons. The fraction of sp³-hybridized carbons (Fsp3) is 0.250. The van der Waals surface area contributed by atoms with Crippen LogP contribution in [0.4, 0.5) is 10.5 Å². The second-order valence-corrected chi connectivity index (χ2v) is 6.71. The molecule has 2 aromatic carbocycles. The lowest BCUT2D eigenvalue weighted by molar-refractivity contribution is 0.248. The number of aromatic nitrogens is 2. The van der Waals surface area contributed by atoms with Gasteiger partial charge in [0.25, 0.3) is 5.56 Å². The van der Waals surface area contributed by atoms with Crippen LogP contribution in [0, 0.1) is 0 Å². The Labute approximate surface area is 167 Å². The minimum Gasteiger partial charge on any atom is -0.494 e. The summed E-state index contributed by atoms with van der Waals surface area (Å²) in [6.45, 7) is 4.24. The van der Waals surface area contributed by atoms with Crippen molar-refractivity contribution in [3.05, 3.63) is 63.7 Å². The molecule has 0 aliphatic heterocycles. The Balaban J connectivity index is 1.76. The Morgan fingerprint density at radius 2 is 1.96 bits per heavy atom. The number of benzene rings is 2. The molecule has 2 N–H and O–H groups in total. The van der Waals surface area contributed by atoms with Gasteiger partial charge in [0.1, 0.15) is 11.6 Å². The Morgan fingerprint density at radius 3 is 2.64 bits per heavy atom. The molecule has 0 bridgehead atoms. The molecule has 0 spiro atoms. The molecule has 0 fully saturated rings. The van der Waals surface area contributed by atoms with E-state index in [2.05, 4.69) is 15.6 Å². The van der Waals surface area contributed by atoms with Crippen LogP contribution in [0.25, 0.3) is 10.9 Å². The third kappa shape index (κ3) is 4.26. The smallest absolute Gasteiger partial charge is 0.319 e. The first-order chi connectivity index (χ1) is 13.4. The molecule has 3 rings (SSSR count). The molecule has 0 radical (unpaired) electrons. The van der Waals surface area contributed by atoms with Gasteiger partial charge in [0.05, 0.1) is 23.6 Å². The van der Waals surface area contributed by atoms with E-state index in [1.165, 1.54) is 4.57 Å². The number of hydrogen-bond donors (Lipinski definition) is 2. The van der Waals surface area contributed by atoms with Crippen molar-refractivity contribution in [3.8, 4) is 5.75 Å². The van der Waals surface area contributed by atoms with Gasteiger partial charge in [-0.1, -0.05) is 11.6 Å². The van der Waals surface area contributed by atoms with E-state index >= 15 is 0 Å². The number of rotatable bonds is 5.